The average molecular weight is 524 g/mol. The molecule has 0 aromatic heterocycles. The van der Waals surface area contributed by atoms with Crippen LogP contribution in [0.1, 0.15) is 11.1 Å². The van der Waals surface area contributed by atoms with Crippen molar-refractivity contribution < 1.29 is 9.47 Å². The van der Waals surface area contributed by atoms with E-state index in [1.54, 1.807) is 0 Å². The van der Waals surface area contributed by atoms with E-state index in [1.165, 1.54) is 5.56 Å². The van der Waals surface area contributed by atoms with Gasteiger partial charge >= 0.3 is 0 Å². The number of ether oxygens (including phenoxy) is 2. The van der Waals surface area contributed by atoms with Gasteiger partial charge in [0.15, 0.2) is 5.96 Å². The third-order valence-electron chi connectivity index (χ3n) is 4.86. The SMILES string of the molecule is CN(C)C(=NCc1ccccc1)NCc1ccccc1OCCN1CCOCC1.I. The van der Waals surface area contributed by atoms with Crippen LogP contribution in [0.3, 0.4) is 0 Å². The van der Waals surface area contributed by atoms with E-state index in [9.17, 15) is 0 Å². The van der Waals surface area contributed by atoms with Crippen LogP contribution in [0.15, 0.2) is 59.6 Å². The first-order valence-electron chi connectivity index (χ1n) is 10.2. The van der Waals surface area contributed by atoms with E-state index in [1.807, 2.05) is 55.4 Å². The van der Waals surface area contributed by atoms with Crippen LogP contribution >= 0.6 is 24.0 Å². The molecule has 0 saturated carbocycles. The molecule has 1 N–H and O–H groups in total. The Balaban J connectivity index is 0.00000320. The van der Waals surface area contributed by atoms with Crippen molar-refractivity contribution in [3.8, 4) is 5.75 Å². The molecule has 1 aliphatic heterocycles. The molecule has 1 heterocycles. The lowest BCUT2D eigenvalue weighted by Crippen LogP contribution is -2.38. The van der Waals surface area contributed by atoms with E-state index in [4.69, 9.17) is 14.5 Å². The van der Waals surface area contributed by atoms with Gasteiger partial charge in [-0.05, 0) is 11.6 Å². The number of nitrogens with one attached hydrogen (secondary N) is 1. The van der Waals surface area contributed by atoms with E-state index in [0.717, 1.165) is 50.1 Å². The Labute approximate surface area is 197 Å². The van der Waals surface area contributed by atoms with E-state index in [-0.39, 0.29) is 24.0 Å². The summed E-state index contributed by atoms with van der Waals surface area (Å²) in [6.07, 6.45) is 0. The van der Waals surface area contributed by atoms with Gasteiger partial charge in [-0.25, -0.2) is 4.99 Å². The summed E-state index contributed by atoms with van der Waals surface area (Å²) in [5.74, 6) is 1.78. The van der Waals surface area contributed by atoms with Crippen molar-refractivity contribution in [3.05, 3.63) is 65.7 Å². The van der Waals surface area contributed by atoms with Gasteiger partial charge in [0.25, 0.3) is 0 Å². The van der Waals surface area contributed by atoms with Crippen LogP contribution in [-0.2, 0) is 17.8 Å². The molecule has 0 atom stereocenters. The zero-order valence-corrected chi connectivity index (χ0v) is 20.2. The molecule has 0 unspecified atom stereocenters. The summed E-state index contributed by atoms with van der Waals surface area (Å²) >= 11 is 0. The van der Waals surface area contributed by atoms with Crippen LogP contribution in [0.4, 0.5) is 0 Å². The first kappa shape index (κ1) is 24.4. The molecule has 1 fully saturated rings. The standard InChI is InChI=1S/C23H32N4O2.HI/c1-26(2)23(24-18-20-8-4-3-5-9-20)25-19-21-10-6-7-11-22(21)29-17-14-27-12-15-28-16-13-27;/h3-11H,12-19H2,1-2H3,(H,24,25);1H. The lowest BCUT2D eigenvalue weighted by molar-refractivity contribution is 0.0322. The highest BCUT2D eigenvalue weighted by Gasteiger charge is 2.11. The lowest BCUT2D eigenvalue weighted by Gasteiger charge is -2.26. The molecule has 3 rings (SSSR count). The second-order valence-corrected chi connectivity index (χ2v) is 7.28. The third-order valence-corrected chi connectivity index (χ3v) is 4.86. The van der Waals surface area contributed by atoms with Gasteiger partial charge in [0.1, 0.15) is 12.4 Å². The number of aliphatic imine (C=N–C) groups is 1. The van der Waals surface area contributed by atoms with Crippen molar-refractivity contribution in [3.63, 3.8) is 0 Å². The molecule has 0 spiro atoms. The quantitative estimate of drug-likeness (QED) is 0.327. The van der Waals surface area contributed by atoms with Crippen molar-refractivity contribution in [2.45, 2.75) is 13.1 Å². The Bertz CT molecular complexity index is 765. The van der Waals surface area contributed by atoms with Crippen LogP contribution in [0, 0.1) is 0 Å². The van der Waals surface area contributed by atoms with Gasteiger partial charge in [-0.3, -0.25) is 4.90 Å². The van der Waals surface area contributed by atoms with Crippen LogP contribution in [0.2, 0.25) is 0 Å². The van der Waals surface area contributed by atoms with Crippen molar-refractivity contribution in [2.24, 2.45) is 4.99 Å². The Morgan fingerprint density at radius 3 is 2.50 bits per heavy atom. The molecule has 164 valence electrons. The monoisotopic (exact) mass is 524 g/mol. The number of morpholine rings is 1. The van der Waals surface area contributed by atoms with Crippen LogP contribution < -0.4 is 10.1 Å². The predicted octanol–water partition coefficient (Wildman–Crippen LogP) is 3.22. The van der Waals surface area contributed by atoms with Crippen molar-refractivity contribution in [2.75, 3.05) is 53.6 Å². The molecule has 0 bridgehead atoms. The highest BCUT2D eigenvalue weighted by Crippen LogP contribution is 2.18. The van der Waals surface area contributed by atoms with Crippen molar-refractivity contribution in [1.82, 2.24) is 15.1 Å². The number of benzene rings is 2. The number of nitrogens with zero attached hydrogens (tertiary/aromatic N) is 3. The van der Waals surface area contributed by atoms with Gasteiger partial charge in [-0.15, -0.1) is 24.0 Å². The molecule has 1 saturated heterocycles. The zero-order chi connectivity index (χ0) is 20.3. The Morgan fingerprint density at radius 1 is 1.07 bits per heavy atom. The minimum absolute atomic E-state index is 0. The predicted molar refractivity (Wildman–Crippen MR) is 133 cm³/mol. The van der Waals surface area contributed by atoms with E-state index < -0.39 is 0 Å². The Morgan fingerprint density at radius 2 is 1.77 bits per heavy atom. The van der Waals surface area contributed by atoms with Crippen LogP contribution in [-0.4, -0.2) is 69.3 Å². The fourth-order valence-corrected chi connectivity index (χ4v) is 3.18. The van der Waals surface area contributed by atoms with Gasteiger partial charge in [0.2, 0.25) is 0 Å². The topological polar surface area (TPSA) is 49.3 Å². The summed E-state index contributed by atoms with van der Waals surface area (Å²) in [6.45, 7) is 6.52. The first-order valence-corrected chi connectivity index (χ1v) is 10.2. The highest BCUT2D eigenvalue weighted by molar-refractivity contribution is 14.0. The first-order chi connectivity index (χ1) is 14.2. The summed E-state index contributed by atoms with van der Waals surface area (Å²) in [5.41, 5.74) is 2.32. The second-order valence-electron chi connectivity index (χ2n) is 7.28. The van der Waals surface area contributed by atoms with Gasteiger partial charge in [0, 0.05) is 45.8 Å². The summed E-state index contributed by atoms with van der Waals surface area (Å²) in [6, 6.07) is 18.5. The molecular weight excluding hydrogens is 491 g/mol. The van der Waals surface area contributed by atoms with Crippen LogP contribution in [0.5, 0.6) is 5.75 Å². The minimum atomic E-state index is 0. The Hall–Kier alpha value is -1.84. The maximum absolute atomic E-state index is 6.09. The summed E-state index contributed by atoms with van der Waals surface area (Å²) < 4.78 is 11.5. The number of rotatable bonds is 8. The fourth-order valence-electron chi connectivity index (χ4n) is 3.18. The zero-order valence-electron chi connectivity index (χ0n) is 17.9. The van der Waals surface area contributed by atoms with Gasteiger partial charge in [-0.1, -0.05) is 48.5 Å². The number of hydrogen-bond donors (Lipinski definition) is 1. The molecule has 30 heavy (non-hydrogen) atoms. The van der Waals surface area contributed by atoms with E-state index in [2.05, 4.69) is 28.4 Å². The number of guanidine groups is 1. The third kappa shape index (κ3) is 8.12. The normalized spacial score (nSPS) is 14.7. The summed E-state index contributed by atoms with van der Waals surface area (Å²) in [5, 5.41) is 3.45. The smallest absolute Gasteiger partial charge is 0.194 e. The largest absolute Gasteiger partial charge is 0.492 e. The molecule has 0 amide bonds. The van der Waals surface area contributed by atoms with Crippen molar-refractivity contribution >= 4 is 29.9 Å². The summed E-state index contributed by atoms with van der Waals surface area (Å²) in [7, 11) is 4.00. The lowest BCUT2D eigenvalue weighted by atomic mass is 10.2. The van der Waals surface area contributed by atoms with Gasteiger partial charge in [-0.2, -0.15) is 0 Å². The minimum Gasteiger partial charge on any atom is -0.492 e. The molecular formula is C23H33IN4O2. The molecule has 2 aromatic rings. The highest BCUT2D eigenvalue weighted by atomic mass is 127. The molecule has 0 radical (unpaired) electrons. The van der Waals surface area contributed by atoms with Crippen molar-refractivity contribution in [1.29, 1.82) is 0 Å². The Kier molecular flexibility index (Phi) is 11.0. The molecule has 6 nitrogen and oxygen atoms in total. The van der Waals surface area contributed by atoms with Crippen LogP contribution in [0.25, 0.3) is 0 Å². The number of para-hydroxylation sites is 1. The molecule has 7 heteroatoms. The maximum Gasteiger partial charge on any atom is 0.194 e. The fraction of sp³-hybridized carbons (Fsp3) is 0.435. The number of halogens is 1. The van der Waals surface area contributed by atoms with E-state index in [0.29, 0.717) is 19.7 Å². The summed E-state index contributed by atoms with van der Waals surface area (Å²) in [4.78, 5) is 9.12. The average Bonchev–Trinajstić information content (AvgIpc) is 2.76. The molecule has 0 aliphatic carbocycles. The molecule has 1 aliphatic rings. The van der Waals surface area contributed by atoms with Gasteiger partial charge < -0.3 is 19.7 Å². The van der Waals surface area contributed by atoms with E-state index >= 15 is 0 Å². The molecule has 2 aromatic carbocycles. The second kappa shape index (κ2) is 13.5. The maximum atomic E-state index is 6.09. The number of hydrogen-bond acceptors (Lipinski definition) is 4. The van der Waals surface area contributed by atoms with Gasteiger partial charge in [0.05, 0.1) is 19.8 Å².